The third-order valence-corrected chi connectivity index (χ3v) is 4.21. The van der Waals surface area contributed by atoms with Crippen molar-refractivity contribution in [3.63, 3.8) is 0 Å². The number of H-pyrrole nitrogens is 1. The molecular weight excluding hydrogens is 400 g/mol. The highest BCUT2D eigenvalue weighted by Crippen LogP contribution is 2.26. The van der Waals surface area contributed by atoms with Crippen LogP contribution >= 0.6 is 28.1 Å². The Morgan fingerprint density at radius 3 is 2.68 bits per heavy atom. The molecule has 0 spiro atoms. The van der Waals surface area contributed by atoms with E-state index in [1.807, 2.05) is 62.4 Å². The highest BCUT2D eigenvalue weighted by molar-refractivity contribution is 9.10. The Labute approximate surface area is 159 Å². The molecule has 25 heavy (non-hydrogen) atoms. The van der Waals surface area contributed by atoms with Crippen molar-refractivity contribution in [2.24, 2.45) is 5.10 Å². The number of nitrogens with zero attached hydrogens (tertiary/aromatic N) is 3. The molecule has 128 valence electrons. The first kappa shape index (κ1) is 17.6. The first-order valence-electron chi connectivity index (χ1n) is 7.78. The Hall–Kier alpha value is -2.25. The van der Waals surface area contributed by atoms with Crippen LogP contribution in [-0.2, 0) is 0 Å². The second kappa shape index (κ2) is 7.76. The summed E-state index contributed by atoms with van der Waals surface area (Å²) in [6.45, 7) is 3.99. The first-order valence-corrected chi connectivity index (χ1v) is 8.98. The number of aromatic nitrogens is 3. The number of nitrogens with one attached hydrogen (secondary N) is 1. The molecule has 0 saturated heterocycles. The van der Waals surface area contributed by atoms with Crippen LogP contribution in [0, 0.1) is 4.77 Å². The average molecular weight is 417 g/mol. The molecule has 5 nitrogen and oxygen atoms in total. The SMILES string of the molecule is CC(C)Oc1ccc(/C=N\n2c(-c3ccccc3)n[nH]c2=S)cc1Br. The van der Waals surface area contributed by atoms with E-state index in [0.717, 1.165) is 21.3 Å². The van der Waals surface area contributed by atoms with Gasteiger partial charge < -0.3 is 4.74 Å². The van der Waals surface area contributed by atoms with E-state index >= 15 is 0 Å². The van der Waals surface area contributed by atoms with Gasteiger partial charge in [0.15, 0.2) is 5.82 Å². The maximum atomic E-state index is 5.72. The predicted octanol–water partition coefficient (Wildman–Crippen LogP) is 5.04. The molecule has 3 rings (SSSR count). The van der Waals surface area contributed by atoms with Crippen molar-refractivity contribution < 1.29 is 4.74 Å². The Kier molecular flexibility index (Phi) is 5.45. The summed E-state index contributed by atoms with van der Waals surface area (Å²) in [4.78, 5) is 0. The molecule has 0 aliphatic rings. The van der Waals surface area contributed by atoms with Crippen LogP contribution in [0.25, 0.3) is 11.4 Å². The minimum atomic E-state index is 0.119. The van der Waals surface area contributed by atoms with Gasteiger partial charge in [0, 0.05) is 5.56 Å². The van der Waals surface area contributed by atoms with E-state index in [0.29, 0.717) is 10.6 Å². The van der Waals surface area contributed by atoms with Crippen molar-refractivity contribution in [3.8, 4) is 17.1 Å². The van der Waals surface area contributed by atoms with Gasteiger partial charge in [-0.2, -0.15) is 14.9 Å². The van der Waals surface area contributed by atoms with Crippen LogP contribution in [-0.4, -0.2) is 27.2 Å². The number of benzene rings is 2. The molecule has 1 N–H and O–H groups in total. The van der Waals surface area contributed by atoms with Crippen LogP contribution in [0.1, 0.15) is 19.4 Å². The van der Waals surface area contributed by atoms with Gasteiger partial charge in [0.05, 0.1) is 16.8 Å². The van der Waals surface area contributed by atoms with E-state index in [2.05, 4.69) is 31.2 Å². The number of hydrogen-bond acceptors (Lipinski definition) is 4. The van der Waals surface area contributed by atoms with Gasteiger partial charge in [-0.3, -0.25) is 0 Å². The quantitative estimate of drug-likeness (QED) is 0.468. The van der Waals surface area contributed by atoms with Crippen molar-refractivity contribution in [3.05, 3.63) is 63.3 Å². The zero-order valence-corrected chi connectivity index (χ0v) is 16.2. The largest absolute Gasteiger partial charge is 0.490 e. The lowest BCUT2D eigenvalue weighted by Gasteiger charge is -2.11. The lowest BCUT2D eigenvalue weighted by atomic mass is 10.2. The van der Waals surface area contributed by atoms with Crippen molar-refractivity contribution in [1.29, 1.82) is 0 Å². The molecule has 0 bridgehead atoms. The maximum Gasteiger partial charge on any atom is 0.216 e. The predicted molar refractivity (Wildman–Crippen MR) is 106 cm³/mol. The van der Waals surface area contributed by atoms with E-state index in [4.69, 9.17) is 17.0 Å². The zero-order chi connectivity index (χ0) is 17.8. The lowest BCUT2D eigenvalue weighted by molar-refractivity contribution is 0.241. The monoisotopic (exact) mass is 416 g/mol. The summed E-state index contributed by atoms with van der Waals surface area (Å²) in [5.41, 5.74) is 1.86. The summed E-state index contributed by atoms with van der Waals surface area (Å²) in [7, 11) is 0. The fraction of sp³-hybridized carbons (Fsp3) is 0.167. The molecule has 0 saturated carbocycles. The van der Waals surface area contributed by atoms with Gasteiger partial charge in [0.2, 0.25) is 4.77 Å². The Morgan fingerprint density at radius 1 is 1.24 bits per heavy atom. The van der Waals surface area contributed by atoms with Gasteiger partial charge in [-0.1, -0.05) is 30.3 Å². The van der Waals surface area contributed by atoms with E-state index in [1.54, 1.807) is 10.9 Å². The summed E-state index contributed by atoms with van der Waals surface area (Å²) in [6.07, 6.45) is 1.86. The average Bonchev–Trinajstić information content (AvgIpc) is 2.96. The smallest absolute Gasteiger partial charge is 0.216 e. The molecule has 3 aromatic rings. The van der Waals surface area contributed by atoms with Crippen LogP contribution in [0.5, 0.6) is 5.75 Å². The van der Waals surface area contributed by atoms with E-state index < -0.39 is 0 Å². The lowest BCUT2D eigenvalue weighted by Crippen LogP contribution is -2.06. The van der Waals surface area contributed by atoms with Gasteiger partial charge >= 0.3 is 0 Å². The normalized spacial score (nSPS) is 11.4. The molecule has 0 atom stereocenters. The molecule has 0 amide bonds. The Balaban J connectivity index is 1.89. The third kappa shape index (κ3) is 4.24. The number of aromatic amines is 1. The summed E-state index contributed by atoms with van der Waals surface area (Å²) in [5.74, 6) is 1.47. The van der Waals surface area contributed by atoms with Gasteiger partial charge in [-0.15, -0.1) is 0 Å². The van der Waals surface area contributed by atoms with Gasteiger partial charge in [-0.25, -0.2) is 5.10 Å². The molecule has 0 unspecified atom stereocenters. The molecule has 2 aromatic carbocycles. The number of halogens is 1. The zero-order valence-electron chi connectivity index (χ0n) is 13.8. The van der Waals surface area contributed by atoms with Crippen LogP contribution in [0.4, 0.5) is 0 Å². The highest BCUT2D eigenvalue weighted by atomic mass is 79.9. The molecule has 0 aliphatic carbocycles. The molecule has 0 fully saturated rings. The van der Waals surface area contributed by atoms with E-state index in [1.165, 1.54) is 0 Å². The second-order valence-electron chi connectivity index (χ2n) is 5.63. The Bertz CT molecular complexity index is 947. The Morgan fingerprint density at radius 2 is 2.00 bits per heavy atom. The minimum Gasteiger partial charge on any atom is -0.490 e. The summed E-state index contributed by atoms with van der Waals surface area (Å²) in [6, 6.07) is 15.6. The van der Waals surface area contributed by atoms with Crippen LogP contribution in [0.3, 0.4) is 0 Å². The maximum absolute atomic E-state index is 5.72. The first-order chi connectivity index (χ1) is 12.0. The van der Waals surface area contributed by atoms with Crippen molar-refractivity contribution >= 4 is 34.4 Å². The van der Waals surface area contributed by atoms with Crippen LogP contribution < -0.4 is 4.74 Å². The summed E-state index contributed by atoms with van der Waals surface area (Å²) < 4.78 is 8.64. The summed E-state index contributed by atoms with van der Waals surface area (Å²) >= 11 is 8.81. The van der Waals surface area contributed by atoms with Crippen LogP contribution in [0.2, 0.25) is 0 Å². The molecule has 0 aliphatic heterocycles. The minimum absolute atomic E-state index is 0.119. The summed E-state index contributed by atoms with van der Waals surface area (Å²) in [5, 5.41) is 11.5. The van der Waals surface area contributed by atoms with Crippen molar-refractivity contribution in [2.45, 2.75) is 20.0 Å². The third-order valence-electron chi connectivity index (χ3n) is 3.32. The molecule has 1 aromatic heterocycles. The number of rotatable bonds is 5. The number of hydrogen-bond donors (Lipinski definition) is 1. The van der Waals surface area contributed by atoms with Crippen LogP contribution in [0.15, 0.2) is 58.1 Å². The van der Waals surface area contributed by atoms with Gasteiger partial charge in [0.25, 0.3) is 0 Å². The number of ether oxygens (including phenoxy) is 1. The second-order valence-corrected chi connectivity index (χ2v) is 6.87. The van der Waals surface area contributed by atoms with E-state index in [9.17, 15) is 0 Å². The van der Waals surface area contributed by atoms with Crippen molar-refractivity contribution in [1.82, 2.24) is 14.9 Å². The van der Waals surface area contributed by atoms with Gasteiger partial charge in [-0.05, 0) is 65.8 Å². The van der Waals surface area contributed by atoms with Crippen molar-refractivity contribution in [2.75, 3.05) is 0 Å². The van der Waals surface area contributed by atoms with Gasteiger partial charge in [0.1, 0.15) is 5.75 Å². The highest BCUT2D eigenvalue weighted by Gasteiger charge is 2.08. The molecule has 7 heteroatoms. The topological polar surface area (TPSA) is 55.2 Å². The molecule has 0 radical (unpaired) electrons. The fourth-order valence-electron chi connectivity index (χ4n) is 2.24. The molecule has 1 heterocycles. The standard InChI is InChI=1S/C18H17BrN4OS/c1-12(2)24-16-9-8-13(10-15(16)19)11-20-23-17(21-22-18(23)25)14-6-4-3-5-7-14/h3-12H,1-2H3,(H,22,25)/b20-11-. The van der Waals surface area contributed by atoms with E-state index in [-0.39, 0.29) is 6.10 Å². The fourth-order valence-corrected chi connectivity index (χ4v) is 2.91. The molecular formula is C18H17BrN4OS.